The van der Waals surface area contributed by atoms with Crippen molar-refractivity contribution in [2.45, 2.75) is 45.0 Å². The third kappa shape index (κ3) is 3.41. The minimum absolute atomic E-state index is 0.202. The number of likely N-dealkylation sites (tertiary alicyclic amines) is 1. The molecule has 0 saturated carbocycles. The number of rotatable bonds is 5. The van der Waals surface area contributed by atoms with E-state index in [1.54, 1.807) is 0 Å². The van der Waals surface area contributed by atoms with Crippen molar-refractivity contribution in [3.05, 3.63) is 0 Å². The first-order valence-corrected chi connectivity index (χ1v) is 6.89. The molecule has 2 fully saturated rings. The molecule has 100 valence electrons. The minimum Gasteiger partial charge on any atom is -0.348 e. The number of ether oxygens (including phenoxy) is 2. The van der Waals surface area contributed by atoms with Crippen molar-refractivity contribution in [3.63, 3.8) is 0 Å². The quantitative estimate of drug-likeness (QED) is 0.787. The predicted molar refractivity (Wildman–Crippen MR) is 67.7 cm³/mol. The summed E-state index contributed by atoms with van der Waals surface area (Å²) < 4.78 is 11.8. The molecule has 2 aliphatic heterocycles. The van der Waals surface area contributed by atoms with Gasteiger partial charge >= 0.3 is 0 Å². The molecule has 2 saturated heterocycles. The van der Waals surface area contributed by atoms with Gasteiger partial charge in [0.15, 0.2) is 5.79 Å². The van der Waals surface area contributed by atoms with Crippen LogP contribution in [0.1, 0.15) is 33.1 Å². The van der Waals surface area contributed by atoms with E-state index in [0.717, 1.165) is 25.3 Å². The van der Waals surface area contributed by atoms with Gasteiger partial charge in [-0.3, -0.25) is 0 Å². The highest BCUT2D eigenvalue weighted by molar-refractivity contribution is 4.83. The van der Waals surface area contributed by atoms with Crippen molar-refractivity contribution in [3.8, 4) is 0 Å². The fourth-order valence-corrected chi connectivity index (χ4v) is 3.02. The standard InChI is InChI=1S/C13H26N2O2/c1-3-15-7-5-11(9-15)8-13(2)16-10-12(17-13)4-6-14/h11-12H,3-10,14H2,1-2H3. The van der Waals surface area contributed by atoms with Crippen molar-refractivity contribution in [2.24, 2.45) is 11.7 Å². The van der Waals surface area contributed by atoms with E-state index in [4.69, 9.17) is 15.2 Å². The van der Waals surface area contributed by atoms with E-state index in [9.17, 15) is 0 Å². The molecular weight excluding hydrogens is 216 g/mol. The lowest BCUT2D eigenvalue weighted by molar-refractivity contribution is -0.165. The van der Waals surface area contributed by atoms with Gasteiger partial charge in [-0.25, -0.2) is 0 Å². The van der Waals surface area contributed by atoms with Crippen LogP contribution in [0.25, 0.3) is 0 Å². The topological polar surface area (TPSA) is 47.7 Å². The molecular formula is C13H26N2O2. The average molecular weight is 242 g/mol. The minimum atomic E-state index is -0.367. The molecule has 0 aliphatic carbocycles. The first-order valence-electron chi connectivity index (χ1n) is 6.89. The highest BCUT2D eigenvalue weighted by Crippen LogP contribution is 2.34. The maximum atomic E-state index is 6.00. The third-order valence-corrected chi connectivity index (χ3v) is 3.96. The molecule has 2 heterocycles. The number of nitrogens with zero attached hydrogens (tertiary/aromatic N) is 1. The largest absolute Gasteiger partial charge is 0.348 e. The summed E-state index contributed by atoms with van der Waals surface area (Å²) in [7, 11) is 0. The van der Waals surface area contributed by atoms with Crippen molar-refractivity contribution in [1.82, 2.24) is 4.90 Å². The fraction of sp³-hybridized carbons (Fsp3) is 1.00. The Hall–Kier alpha value is -0.160. The summed E-state index contributed by atoms with van der Waals surface area (Å²) in [6.07, 6.45) is 3.40. The van der Waals surface area contributed by atoms with Crippen LogP contribution in [0, 0.1) is 5.92 Å². The van der Waals surface area contributed by atoms with Crippen molar-refractivity contribution in [2.75, 3.05) is 32.8 Å². The van der Waals surface area contributed by atoms with Gasteiger partial charge in [-0.15, -0.1) is 0 Å². The Kier molecular flexibility index (Phi) is 4.42. The Labute approximate surface area is 104 Å². The van der Waals surface area contributed by atoms with Crippen LogP contribution in [0.2, 0.25) is 0 Å². The van der Waals surface area contributed by atoms with E-state index in [-0.39, 0.29) is 11.9 Å². The van der Waals surface area contributed by atoms with Gasteiger partial charge in [-0.05, 0) is 45.3 Å². The van der Waals surface area contributed by atoms with Crippen LogP contribution in [-0.4, -0.2) is 49.6 Å². The molecule has 3 unspecified atom stereocenters. The summed E-state index contributed by atoms with van der Waals surface area (Å²) >= 11 is 0. The van der Waals surface area contributed by atoms with Crippen LogP contribution in [0.3, 0.4) is 0 Å². The molecule has 0 aromatic heterocycles. The molecule has 0 spiro atoms. The van der Waals surface area contributed by atoms with E-state index in [0.29, 0.717) is 13.2 Å². The van der Waals surface area contributed by atoms with Crippen molar-refractivity contribution >= 4 is 0 Å². The fourth-order valence-electron chi connectivity index (χ4n) is 3.02. The van der Waals surface area contributed by atoms with Gasteiger partial charge in [0.1, 0.15) is 0 Å². The van der Waals surface area contributed by atoms with Gasteiger partial charge in [-0.1, -0.05) is 6.92 Å². The lowest BCUT2D eigenvalue weighted by Crippen LogP contribution is -2.31. The molecule has 0 aromatic rings. The molecule has 0 amide bonds. The average Bonchev–Trinajstić information content (AvgIpc) is 2.87. The second-order valence-corrected chi connectivity index (χ2v) is 5.51. The summed E-state index contributed by atoms with van der Waals surface area (Å²) in [5.74, 6) is 0.352. The Morgan fingerprint density at radius 1 is 1.47 bits per heavy atom. The van der Waals surface area contributed by atoms with Gasteiger partial charge in [0.25, 0.3) is 0 Å². The van der Waals surface area contributed by atoms with Crippen LogP contribution < -0.4 is 5.73 Å². The van der Waals surface area contributed by atoms with Crippen LogP contribution in [0.15, 0.2) is 0 Å². The summed E-state index contributed by atoms with van der Waals surface area (Å²) in [6.45, 7) is 9.27. The van der Waals surface area contributed by atoms with Crippen molar-refractivity contribution in [1.29, 1.82) is 0 Å². The molecule has 17 heavy (non-hydrogen) atoms. The van der Waals surface area contributed by atoms with Crippen LogP contribution >= 0.6 is 0 Å². The zero-order valence-electron chi connectivity index (χ0n) is 11.2. The van der Waals surface area contributed by atoms with Crippen LogP contribution in [0.4, 0.5) is 0 Å². The van der Waals surface area contributed by atoms with Gasteiger partial charge < -0.3 is 20.1 Å². The molecule has 0 aromatic carbocycles. The molecule has 4 nitrogen and oxygen atoms in total. The number of nitrogens with two attached hydrogens (primary N) is 1. The van der Waals surface area contributed by atoms with Crippen LogP contribution in [-0.2, 0) is 9.47 Å². The van der Waals surface area contributed by atoms with Gasteiger partial charge in [0.05, 0.1) is 12.7 Å². The second-order valence-electron chi connectivity index (χ2n) is 5.51. The predicted octanol–water partition coefficient (Wildman–Crippen LogP) is 1.20. The Balaban J connectivity index is 1.79. The third-order valence-electron chi connectivity index (χ3n) is 3.96. The molecule has 0 bridgehead atoms. The van der Waals surface area contributed by atoms with E-state index < -0.39 is 0 Å². The zero-order chi connectivity index (χ0) is 12.3. The zero-order valence-corrected chi connectivity index (χ0v) is 11.2. The molecule has 2 N–H and O–H groups in total. The maximum Gasteiger partial charge on any atom is 0.166 e. The number of hydrogen-bond donors (Lipinski definition) is 1. The van der Waals surface area contributed by atoms with E-state index in [2.05, 4.69) is 18.7 Å². The lowest BCUT2D eigenvalue weighted by atomic mass is 9.99. The van der Waals surface area contributed by atoms with Gasteiger partial charge in [0.2, 0.25) is 0 Å². The van der Waals surface area contributed by atoms with Crippen molar-refractivity contribution < 1.29 is 9.47 Å². The molecule has 3 atom stereocenters. The second kappa shape index (κ2) is 5.65. The molecule has 2 rings (SSSR count). The van der Waals surface area contributed by atoms with Gasteiger partial charge in [-0.2, -0.15) is 0 Å². The first kappa shape index (κ1) is 13.3. The lowest BCUT2D eigenvalue weighted by Gasteiger charge is -2.26. The van der Waals surface area contributed by atoms with E-state index in [1.807, 2.05) is 0 Å². The normalized spacial score (nSPS) is 39.0. The first-order chi connectivity index (χ1) is 8.15. The highest BCUT2D eigenvalue weighted by Gasteiger charge is 2.39. The van der Waals surface area contributed by atoms with E-state index in [1.165, 1.54) is 19.5 Å². The summed E-state index contributed by atoms with van der Waals surface area (Å²) in [6, 6.07) is 0. The Morgan fingerprint density at radius 3 is 2.94 bits per heavy atom. The van der Waals surface area contributed by atoms with E-state index >= 15 is 0 Å². The molecule has 0 radical (unpaired) electrons. The maximum absolute atomic E-state index is 6.00. The summed E-state index contributed by atoms with van der Waals surface area (Å²) in [5, 5.41) is 0. The smallest absolute Gasteiger partial charge is 0.166 e. The number of hydrogen-bond acceptors (Lipinski definition) is 4. The summed E-state index contributed by atoms with van der Waals surface area (Å²) in [5.41, 5.74) is 5.55. The SMILES string of the molecule is CCN1CCC(CC2(C)OCC(CCN)O2)C1. The highest BCUT2D eigenvalue weighted by atomic mass is 16.7. The molecule has 2 aliphatic rings. The van der Waals surface area contributed by atoms with Gasteiger partial charge in [0, 0.05) is 13.0 Å². The summed E-state index contributed by atoms with van der Waals surface area (Å²) in [4.78, 5) is 2.50. The Morgan fingerprint density at radius 2 is 2.29 bits per heavy atom. The van der Waals surface area contributed by atoms with Crippen LogP contribution in [0.5, 0.6) is 0 Å². The monoisotopic (exact) mass is 242 g/mol. The molecule has 4 heteroatoms. The Bertz CT molecular complexity index is 250.